The van der Waals surface area contributed by atoms with E-state index in [0.29, 0.717) is 12.8 Å². The summed E-state index contributed by atoms with van der Waals surface area (Å²) >= 11 is 0. The molecule has 2 aromatic rings. The van der Waals surface area contributed by atoms with Crippen molar-refractivity contribution in [2.24, 2.45) is 11.7 Å². The predicted molar refractivity (Wildman–Crippen MR) is 126 cm³/mol. The van der Waals surface area contributed by atoms with Crippen LogP contribution in [0.3, 0.4) is 0 Å². The quantitative estimate of drug-likeness (QED) is 0.283. The Labute approximate surface area is 200 Å². The first-order valence-corrected chi connectivity index (χ1v) is 12.8. The van der Waals surface area contributed by atoms with E-state index in [2.05, 4.69) is 15.0 Å². The number of hydrogen-bond acceptors (Lipinski definition) is 8. The molecule has 0 saturated carbocycles. The maximum atomic E-state index is 12.6. The van der Waals surface area contributed by atoms with Gasteiger partial charge in [0.15, 0.2) is 5.69 Å². The first kappa shape index (κ1) is 27.5. The number of ether oxygens (including phenoxy) is 1. The van der Waals surface area contributed by atoms with Crippen LogP contribution in [0.15, 0.2) is 39.8 Å². The van der Waals surface area contributed by atoms with Crippen LogP contribution in [0.2, 0.25) is 0 Å². The van der Waals surface area contributed by atoms with Crippen LogP contribution in [-0.4, -0.2) is 44.5 Å². The summed E-state index contributed by atoms with van der Waals surface area (Å²) in [7, 11) is -3.61. The van der Waals surface area contributed by atoms with Crippen LogP contribution >= 0.6 is 0 Å². The van der Waals surface area contributed by atoms with Gasteiger partial charge in [-0.05, 0) is 51.2 Å². The molecule has 0 spiro atoms. The van der Waals surface area contributed by atoms with Crippen molar-refractivity contribution in [2.75, 3.05) is 13.2 Å². The number of aromatic nitrogens is 1. The molecule has 34 heavy (non-hydrogen) atoms. The number of unbranched alkanes of at least 4 members (excludes halogenated alkanes) is 1. The molecule has 0 saturated heterocycles. The van der Waals surface area contributed by atoms with Crippen LogP contribution < -0.4 is 15.8 Å². The Kier molecular flexibility index (Phi) is 10.2. The predicted octanol–water partition coefficient (Wildman–Crippen LogP) is 2.45. The van der Waals surface area contributed by atoms with Gasteiger partial charge in [-0.3, -0.25) is 4.79 Å². The molecule has 0 aliphatic carbocycles. The van der Waals surface area contributed by atoms with E-state index in [-0.39, 0.29) is 42.0 Å². The van der Waals surface area contributed by atoms with Crippen LogP contribution in [0.4, 0.5) is 0 Å². The summed E-state index contributed by atoms with van der Waals surface area (Å²) in [5.41, 5.74) is 6.99. The fraction of sp³-hybridized carbons (Fsp3) is 0.522. The molecule has 1 aromatic carbocycles. The van der Waals surface area contributed by atoms with Crippen LogP contribution in [-0.2, 0) is 19.6 Å². The lowest BCUT2D eigenvalue weighted by Crippen LogP contribution is -2.42. The molecule has 0 aliphatic rings. The molecule has 0 radical (unpaired) electrons. The molecule has 1 heterocycles. The zero-order valence-electron chi connectivity index (χ0n) is 20.0. The van der Waals surface area contributed by atoms with E-state index in [1.807, 2.05) is 20.8 Å². The molecule has 2 unspecified atom stereocenters. The van der Waals surface area contributed by atoms with E-state index >= 15 is 0 Å². The molecule has 1 amide bonds. The van der Waals surface area contributed by atoms with Gasteiger partial charge in [0.1, 0.15) is 12.3 Å². The highest BCUT2D eigenvalue weighted by Gasteiger charge is 2.25. The molecule has 0 bridgehead atoms. The molecule has 188 valence electrons. The average molecular weight is 495 g/mol. The number of benzene rings is 1. The maximum Gasteiger partial charge on any atom is 0.328 e. The van der Waals surface area contributed by atoms with E-state index in [0.717, 1.165) is 5.56 Å². The second-order valence-electron chi connectivity index (χ2n) is 8.33. The molecule has 4 N–H and O–H groups in total. The van der Waals surface area contributed by atoms with Gasteiger partial charge >= 0.3 is 5.97 Å². The number of nitrogens with zero attached hydrogens (tertiary/aromatic N) is 1. The molecular weight excluding hydrogens is 460 g/mol. The summed E-state index contributed by atoms with van der Waals surface area (Å²) < 4.78 is 37.6. The third-order valence-electron chi connectivity index (χ3n) is 5.18. The zero-order chi connectivity index (χ0) is 25.3. The van der Waals surface area contributed by atoms with E-state index in [1.165, 1.54) is 6.26 Å². The maximum absolute atomic E-state index is 12.6. The molecule has 10 nitrogen and oxygen atoms in total. The van der Waals surface area contributed by atoms with Crippen LogP contribution in [0.5, 0.6) is 0 Å². The SMILES string of the molecule is CCOC(=O)C(CCCCNS(=O)(=O)c1ccc(C)cc1)NC(=O)c1coc(C(N)C(C)C)n1. The van der Waals surface area contributed by atoms with Crippen LogP contribution in [0.1, 0.15) is 68.0 Å². The summed E-state index contributed by atoms with van der Waals surface area (Å²) in [6.07, 6.45) is 2.42. The Hall–Kier alpha value is -2.76. The van der Waals surface area contributed by atoms with E-state index in [1.54, 1.807) is 31.2 Å². The zero-order valence-corrected chi connectivity index (χ0v) is 20.9. The Morgan fingerprint density at radius 1 is 1.18 bits per heavy atom. The first-order valence-electron chi connectivity index (χ1n) is 11.3. The fourth-order valence-electron chi connectivity index (χ4n) is 3.03. The third kappa shape index (κ3) is 7.93. The van der Waals surface area contributed by atoms with Gasteiger partial charge in [-0.2, -0.15) is 0 Å². The number of sulfonamides is 1. The van der Waals surface area contributed by atoms with Crippen molar-refractivity contribution >= 4 is 21.9 Å². The number of amides is 1. The van der Waals surface area contributed by atoms with Gasteiger partial charge in [0.25, 0.3) is 5.91 Å². The Balaban J connectivity index is 1.90. The minimum atomic E-state index is -3.61. The number of esters is 1. The minimum absolute atomic E-state index is 0.0197. The Bertz CT molecular complexity index is 1050. The van der Waals surface area contributed by atoms with Gasteiger partial charge in [0, 0.05) is 6.54 Å². The lowest BCUT2D eigenvalue weighted by Gasteiger charge is -2.16. The lowest BCUT2D eigenvalue weighted by molar-refractivity contribution is -0.145. The van der Waals surface area contributed by atoms with Crippen molar-refractivity contribution in [1.29, 1.82) is 0 Å². The van der Waals surface area contributed by atoms with E-state index in [4.69, 9.17) is 14.9 Å². The second-order valence-corrected chi connectivity index (χ2v) is 10.1. The van der Waals surface area contributed by atoms with Crippen molar-refractivity contribution in [3.05, 3.63) is 47.7 Å². The standard InChI is InChI=1S/C23H34N4O6S/c1-5-32-23(29)18(26-21(28)19-14-33-22(27-19)20(24)15(2)3)8-6-7-13-25-34(30,31)17-11-9-16(4)10-12-17/h9-12,14-15,18,20,25H,5-8,13,24H2,1-4H3,(H,26,28). The number of carbonyl (C=O) groups is 2. The van der Waals surface area contributed by atoms with Crippen molar-refractivity contribution in [1.82, 2.24) is 15.0 Å². The Morgan fingerprint density at radius 3 is 2.47 bits per heavy atom. The summed E-state index contributed by atoms with van der Waals surface area (Å²) in [6, 6.07) is 5.21. The largest absolute Gasteiger partial charge is 0.464 e. The molecule has 2 rings (SSSR count). The summed E-state index contributed by atoms with van der Waals surface area (Å²) in [5.74, 6) is -0.832. The summed E-state index contributed by atoms with van der Waals surface area (Å²) in [4.78, 5) is 29.3. The third-order valence-corrected chi connectivity index (χ3v) is 6.65. The van der Waals surface area contributed by atoms with Crippen LogP contribution in [0.25, 0.3) is 0 Å². The van der Waals surface area contributed by atoms with Gasteiger partial charge < -0.3 is 20.2 Å². The Morgan fingerprint density at radius 2 is 1.85 bits per heavy atom. The number of aryl methyl sites for hydroxylation is 1. The number of nitrogens with one attached hydrogen (secondary N) is 2. The van der Waals surface area contributed by atoms with Crippen LogP contribution in [0, 0.1) is 12.8 Å². The molecular formula is C23H34N4O6S. The number of carbonyl (C=O) groups excluding carboxylic acids is 2. The first-order chi connectivity index (χ1) is 16.0. The monoisotopic (exact) mass is 494 g/mol. The fourth-order valence-corrected chi connectivity index (χ4v) is 4.11. The van der Waals surface area contributed by atoms with Gasteiger partial charge in [-0.15, -0.1) is 0 Å². The highest BCUT2D eigenvalue weighted by Crippen LogP contribution is 2.18. The molecule has 0 aliphatic heterocycles. The van der Waals surface area contributed by atoms with Gasteiger partial charge in [0.2, 0.25) is 15.9 Å². The van der Waals surface area contributed by atoms with Crippen molar-refractivity contribution < 1.29 is 27.2 Å². The molecule has 2 atom stereocenters. The van der Waals surface area contributed by atoms with Gasteiger partial charge in [-0.1, -0.05) is 31.5 Å². The van der Waals surface area contributed by atoms with Gasteiger partial charge in [-0.25, -0.2) is 22.9 Å². The number of nitrogens with two attached hydrogens (primary N) is 1. The normalized spacial score (nSPS) is 13.5. The van der Waals surface area contributed by atoms with E-state index in [9.17, 15) is 18.0 Å². The second kappa shape index (κ2) is 12.6. The van der Waals surface area contributed by atoms with Crippen molar-refractivity contribution in [3.63, 3.8) is 0 Å². The summed E-state index contributed by atoms with van der Waals surface area (Å²) in [5, 5.41) is 2.62. The average Bonchev–Trinajstić information content (AvgIpc) is 3.28. The molecule has 0 fully saturated rings. The van der Waals surface area contributed by atoms with Crippen molar-refractivity contribution in [2.45, 2.75) is 63.9 Å². The topological polar surface area (TPSA) is 154 Å². The molecule has 11 heteroatoms. The summed E-state index contributed by atoms with van der Waals surface area (Å²) in [6.45, 7) is 7.73. The number of hydrogen-bond donors (Lipinski definition) is 3. The van der Waals surface area contributed by atoms with Gasteiger partial charge in [0.05, 0.1) is 17.5 Å². The smallest absolute Gasteiger partial charge is 0.328 e. The lowest BCUT2D eigenvalue weighted by atomic mass is 10.1. The molecule has 1 aromatic heterocycles. The minimum Gasteiger partial charge on any atom is -0.464 e. The number of oxazole rings is 1. The van der Waals surface area contributed by atoms with Crippen molar-refractivity contribution in [3.8, 4) is 0 Å². The number of rotatable bonds is 13. The highest BCUT2D eigenvalue weighted by molar-refractivity contribution is 7.89. The highest BCUT2D eigenvalue weighted by atomic mass is 32.2. The van der Waals surface area contributed by atoms with E-state index < -0.39 is 34.0 Å².